The molecule has 8 heteroatoms. The number of hydrogen-bond acceptors (Lipinski definition) is 5. The first-order chi connectivity index (χ1) is 14.6. The summed E-state index contributed by atoms with van der Waals surface area (Å²) in [5.74, 6) is 0.0375. The molecule has 30 heavy (non-hydrogen) atoms. The molecule has 2 aromatic carbocycles. The molecule has 1 amide bonds. The van der Waals surface area contributed by atoms with Crippen molar-refractivity contribution in [1.82, 2.24) is 15.1 Å². The van der Waals surface area contributed by atoms with E-state index in [1.165, 1.54) is 12.1 Å². The molecule has 1 unspecified atom stereocenters. The minimum atomic E-state index is -0.321. The molecule has 1 atom stereocenters. The standard InChI is InChI=1S/C22H25FN4O3/c1-24-22(28)21-17-12-16(25-13-14-11-15(23)6-9-19(14)29-2)7-8-18(17)27(26-21)20-5-3-4-10-30-20/h6-9,11-12,20,25H,3-5,10,13H2,1-2H3,(H,24,28). The topological polar surface area (TPSA) is 77.4 Å². The number of ether oxygens (including phenoxy) is 2. The van der Waals surface area contributed by atoms with Crippen LogP contribution in [0.4, 0.5) is 10.1 Å². The van der Waals surface area contributed by atoms with Gasteiger partial charge in [-0.05, 0) is 55.7 Å². The number of carbonyl (C=O) groups excluding carboxylic acids is 1. The maximum atomic E-state index is 13.6. The van der Waals surface area contributed by atoms with Crippen LogP contribution in [-0.4, -0.2) is 36.5 Å². The summed E-state index contributed by atoms with van der Waals surface area (Å²) in [6.45, 7) is 1.07. The van der Waals surface area contributed by atoms with Gasteiger partial charge in [0.05, 0.1) is 12.6 Å². The predicted molar refractivity (Wildman–Crippen MR) is 112 cm³/mol. The zero-order chi connectivity index (χ0) is 21.1. The number of anilines is 1. The Balaban J connectivity index is 1.66. The van der Waals surface area contributed by atoms with Crippen LogP contribution in [0.25, 0.3) is 10.9 Å². The molecule has 4 rings (SSSR count). The molecule has 158 valence electrons. The minimum Gasteiger partial charge on any atom is -0.496 e. The van der Waals surface area contributed by atoms with E-state index in [2.05, 4.69) is 15.7 Å². The summed E-state index contributed by atoms with van der Waals surface area (Å²) in [5.41, 5.74) is 2.70. The molecule has 0 radical (unpaired) electrons. The van der Waals surface area contributed by atoms with Crippen LogP contribution in [0.15, 0.2) is 36.4 Å². The van der Waals surface area contributed by atoms with Crippen molar-refractivity contribution >= 4 is 22.5 Å². The molecule has 1 aliphatic rings. The van der Waals surface area contributed by atoms with Gasteiger partial charge < -0.3 is 20.1 Å². The number of hydrogen-bond donors (Lipinski definition) is 2. The van der Waals surface area contributed by atoms with Gasteiger partial charge in [0, 0.05) is 36.8 Å². The van der Waals surface area contributed by atoms with E-state index in [0.29, 0.717) is 30.2 Å². The van der Waals surface area contributed by atoms with Crippen molar-refractivity contribution in [3.05, 3.63) is 53.5 Å². The lowest BCUT2D eigenvalue weighted by Gasteiger charge is -2.23. The van der Waals surface area contributed by atoms with Gasteiger partial charge in [0.15, 0.2) is 11.9 Å². The van der Waals surface area contributed by atoms with Crippen LogP contribution >= 0.6 is 0 Å². The first-order valence-corrected chi connectivity index (χ1v) is 10.0. The van der Waals surface area contributed by atoms with Gasteiger partial charge in [0.1, 0.15) is 11.6 Å². The number of rotatable bonds is 6. The third-order valence-corrected chi connectivity index (χ3v) is 5.30. The molecule has 7 nitrogen and oxygen atoms in total. The van der Waals surface area contributed by atoms with Crippen molar-refractivity contribution in [2.75, 3.05) is 26.1 Å². The zero-order valence-corrected chi connectivity index (χ0v) is 17.1. The van der Waals surface area contributed by atoms with Crippen LogP contribution in [0, 0.1) is 5.82 Å². The fourth-order valence-corrected chi connectivity index (χ4v) is 3.76. The second-order valence-electron chi connectivity index (χ2n) is 7.24. The SMILES string of the molecule is CNC(=O)c1nn(C2CCCCO2)c2ccc(NCc3cc(F)ccc3OC)cc12. The Morgan fingerprint density at radius 3 is 2.90 bits per heavy atom. The van der Waals surface area contributed by atoms with Crippen LogP contribution in [0.2, 0.25) is 0 Å². The molecule has 3 aromatic rings. The number of fused-ring (bicyclic) bond motifs is 1. The summed E-state index contributed by atoms with van der Waals surface area (Å²) in [7, 11) is 3.14. The Hall–Kier alpha value is -3.13. The van der Waals surface area contributed by atoms with E-state index in [0.717, 1.165) is 35.9 Å². The van der Waals surface area contributed by atoms with Crippen molar-refractivity contribution in [2.45, 2.75) is 32.0 Å². The first-order valence-electron chi connectivity index (χ1n) is 10.0. The minimum absolute atomic E-state index is 0.171. The molecule has 0 saturated carbocycles. The van der Waals surface area contributed by atoms with Gasteiger partial charge in [-0.15, -0.1) is 0 Å². The maximum Gasteiger partial charge on any atom is 0.272 e. The average molecular weight is 412 g/mol. The van der Waals surface area contributed by atoms with Crippen molar-refractivity contribution < 1.29 is 18.7 Å². The predicted octanol–water partition coefficient (Wildman–Crippen LogP) is 3.85. The molecule has 1 saturated heterocycles. The molecule has 1 aliphatic heterocycles. The molecule has 1 aromatic heterocycles. The molecule has 2 heterocycles. The maximum absolute atomic E-state index is 13.6. The highest BCUT2D eigenvalue weighted by molar-refractivity contribution is 6.05. The lowest BCUT2D eigenvalue weighted by molar-refractivity contribution is -0.0368. The Labute approximate surface area is 174 Å². The fraction of sp³-hybridized carbons (Fsp3) is 0.364. The summed E-state index contributed by atoms with van der Waals surface area (Å²) >= 11 is 0. The van der Waals surface area contributed by atoms with Gasteiger partial charge in [-0.25, -0.2) is 9.07 Å². The summed E-state index contributed by atoms with van der Waals surface area (Å²) in [6, 6.07) is 10.1. The third kappa shape index (κ3) is 3.95. The normalized spacial score (nSPS) is 16.4. The van der Waals surface area contributed by atoms with Gasteiger partial charge in [-0.2, -0.15) is 5.10 Å². The lowest BCUT2D eigenvalue weighted by atomic mass is 10.1. The van der Waals surface area contributed by atoms with Crippen LogP contribution in [0.1, 0.15) is 41.5 Å². The molecular formula is C22H25FN4O3. The summed E-state index contributed by atoms with van der Waals surface area (Å²) < 4.78 is 26.6. The largest absolute Gasteiger partial charge is 0.496 e. The van der Waals surface area contributed by atoms with E-state index in [1.54, 1.807) is 24.9 Å². The number of methoxy groups -OCH3 is 1. The number of halogens is 1. The van der Waals surface area contributed by atoms with E-state index < -0.39 is 0 Å². The molecule has 0 aliphatic carbocycles. The molecule has 0 spiro atoms. The smallest absolute Gasteiger partial charge is 0.272 e. The highest BCUT2D eigenvalue weighted by Crippen LogP contribution is 2.30. The average Bonchev–Trinajstić information content (AvgIpc) is 3.16. The summed E-state index contributed by atoms with van der Waals surface area (Å²) in [5, 5.41) is 11.2. The lowest BCUT2D eigenvalue weighted by Crippen LogP contribution is -2.21. The third-order valence-electron chi connectivity index (χ3n) is 5.30. The van der Waals surface area contributed by atoms with Crippen LogP contribution in [-0.2, 0) is 11.3 Å². The molecule has 0 bridgehead atoms. The Morgan fingerprint density at radius 1 is 1.30 bits per heavy atom. The van der Waals surface area contributed by atoms with Gasteiger partial charge in [0.25, 0.3) is 5.91 Å². The highest BCUT2D eigenvalue weighted by Gasteiger charge is 2.23. The second kappa shape index (κ2) is 8.71. The van der Waals surface area contributed by atoms with Gasteiger partial charge in [-0.3, -0.25) is 4.79 Å². The number of nitrogens with zero attached hydrogens (tertiary/aromatic N) is 2. The Bertz CT molecular complexity index is 1060. The van der Waals surface area contributed by atoms with Crippen LogP contribution in [0.3, 0.4) is 0 Å². The van der Waals surface area contributed by atoms with Crippen LogP contribution < -0.4 is 15.4 Å². The number of carbonyl (C=O) groups is 1. The van der Waals surface area contributed by atoms with E-state index in [-0.39, 0.29) is 18.0 Å². The van der Waals surface area contributed by atoms with Crippen molar-refractivity contribution in [3.63, 3.8) is 0 Å². The Morgan fingerprint density at radius 2 is 2.17 bits per heavy atom. The fourth-order valence-electron chi connectivity index (χ4n) is 3.76. The zero-order valence-electron chi connectivity index (χ0n) is 17.1. The number of amides is 1. The van der Waals surface area contributed by atoms with Gasteiger partial charge in [0.2, 0.25) is 0 Å². The molecular weight excluding hydrogens is 387 g/mol. The van der Waals surface area contributed by atoms with E-state index in [4.69, 9.17) is 9.47 Å². The number of nitrogens with one attached hydrogen (secondary N) is 2. The van der Waals surface area contributed by atoms with Crippen molar-refractivity contribution in [2.24, 2.45) is 0 Å². The highest BCUT2D eigenvalue weighted by atomic mass is 19.1. The van der Waals surface area contributed by atoms with Crippen molar-refractivity contribution in [3.8, 4) is 5.75 Å². The van der Waals surface area contributed by atoms with E-state index in [1.807, 2.05) is 18.2 Å². The first kappa shape index (κ1) is 20.2. The van der Waals surface area contributed by atoms with Gasteiger partial charge in [-0.1, -0.05) is 0 Å². The quantitative estimate of drug-likeness (QED) is 0.643. The van der Waals surface area contributed by atoms with Crippen molar-refractivity contribution in [1.29, 1.82) is 0 Å². The number of benzene rings is 2. The molecule has 2 N–H and O–H groups in total. The summed E-state index contributed by atoms with van der Waals surface area (Å²) in [6.07, 6.45) is 2.80. The van der Waals surface area contributed by atoms with E-state index >= 15 is 0 Å². The van der Waals surface area contributed by atoms with E-state index in [9.17, 15) is 9.18 Å². The monoisotopic (exact) mass is 412 g/mol. The second-order valence-corrected chi connectivity index (χ2v) is 7.24. The number of aromatic nitrogens is 2. The molecule has 1 fully saturated rings. The summed E-state index contributed by atoms with van der Waals surface area (Å²) in [4.78, 5) is 12.4. The Kier molecular flexibility index (Phi) is 5.85. The van der Waals surface area contributed by atoms with Gasteiger partial charge >= 0.3 is 0 Å². The van der Waals surface area contributed by atoms with Crippen LogP contribution in [0.5, 0.6) is 5.75 Å².